The Bertz CT molecular complexity index is 542. The molecule has 4 saturated carbocycles. The zero-order chi connectivity index (χ0) is 17.1. The van der Waals surface area contributed by atoms with Gasteiger partial charge in [0, 0.05) is 11.8 Å². The molecule has 2 heteroatoms. The molecular weight excluding hydrogens is 299 g/mol. The van der Waals surface area contributed by atoms with Crippen LogP contribution >= 0.6 is 0 Å². The molecule has 4 rings (SSSR count). The minimum absolute atomic E-state index is 0.0622. The van der Waals surface area contributed by atoms with Crippen LogP contribution in [0.2, 0.25) is 0 Å². The fraction of sp³-hybridized carbons (Fsp3) is 0.818. The van der Waals surface area contributed by atoms with Crippen molar-refractivity contribution in [1.82, 2.24) is 0 Å². The molecule has 0 bridgehead atoms. The van der Waals surface area contributed by atoms with Crippen molar-refractivity contribution >= 4 is 5.78 Å². The fourth-order valence-electron chi connectivity index (χ4n) is 7.43. The first-order valence-corrected chi connectivity index (χ1v) is 10.0. The maximum absolute atomic E-state index is 14.9. The molecule has 0 aromatic rings. The Kier molecular flexibility index (Phi) is 3.97. The largest absolute Gasteiger partial charge is 0.299 e. The molecule has 8 atom stereocenters. The summed E-state index contributed by atoms with van der Waals surface area (Å²) < 4.78 is 14.9. The number of rotatable bonds is 2. The van der Waals surface area contributed by atoms with Gasteiger partial charge in [-0.15, -0.1) is 6.58 Å². The van der Waals surface area contributed by atoms with Crippen LogP contribution in [0.15, 0.2) is 12.7 Å². The van der Waals surface area contributed by atoms with Gasteiger partial charge < -0.3 is 0 Å². The van der Waals surface area contributed by atoms with Crippen LogP contribution in [0.5, 0.6) is 0 Å². The topological polar surface area (TPSA) is 17.1 Å². The highest BCUT2D eigenvalue weighted by molar-refractivity contribution is 5.87. The molecule has 0 aromatic carbocycles. The maximum atomic E-state index is 14.9. The summed E-state index contributed by atoms with van der Waals surface area (Å²) in [7, 11) is 0. The number of hydrogen-bond donors (Lipinski definition) is 0. The van der Waals surface area contributed by atoms with Crippen molar-refractivity contribution in [2.75, 3.05) is 0 Å². The Balaban J connectivity index is 1.60. The van der Waals surface area contributed by atoms with Crippen molar-refractivity contribution in [2.24, 2.45) is 40.4 Å². The number of carbonyl (C=O) groups excluding carboxylic acids is 1. The first-order valence-electron chi connectivity index (χ1n) is 10.0. The van der Waals surface area contributed by atoms with Crippen molar-refractivity contribution in [3.8, 4) is 0 Å². The van der Waals surface area contributed by atoms with E-state index in [4.69, 9.17) is 0 Å². The minimum Gasteiger partial charge on any atom is -0.299 e. The molecule has 133 valence electrons. The molecule has 1 nitrogen and oxygen atoms in total. The van der Waals surface area contributed by atoms with Crippen LogP contribution in [-0.4, -0.2) is 12.0 Å². The van der Waals surface area contributed by atoms with Crippen molar-refractivity contribution in [1.29, 1.82) is 0 Å². The molecule has 0 aliphatic heterocycles. The number of hydrogen-bond acceptors (Lipinski definition) is 1. The number of carbonyl (C=O) groups is 1. The average molecular weight is 331 g/mol. The predicted octanol–water partition coefficient (Wildman–Crippen LogP) is 5.55. The van der Waals surface area contributed by atoms with Crippen LogP contribution in [0, 0.1) is 46.8 Å². The summed E-state index contributed by atoms with van der Waals surface area (Å²) in [6.07, 6.45) is 11.3. The normalized spacial score (nSPS) is 53.9. The molecule has 0 N–H and O–H groups in total. The van der Waals surface area contributed by atoms with E-state index in [-0.39, 0.29) is 16.7 Å². The molecule has 0 aromatic heterocycles. The molecule has 4 fully saturated rings. The van der Waals surface area contributed by atoms with Gasteiger partial charge in [0.15, 0.2) is 0 Å². The summed E-state index contributed by atoms with van der Waals surface area (Å²) in [5, 5.41) is 0. The number of fused-ring (bicyclic) bond motifs is 5. The molecule has 1 unspecified atom stereocenters. The van der Waals surface area contributed by atoms with Gasteiger partial charge in [-0.05, 0) is 86.4 Å². The molecule has 4 aliphatic rings. The third-order valence-corrected chi connectivity index (χ3v) is 8.81. The Hall–Kier alpha value is -0.660. The zero-order valence-corrected chi connectivity index (χ0v) is 15.3. The van der Waals surface area contributed by atoms with Crippen LogP contribution < -0.4 is 0 Å². The highest BCUT2D eigenvalue weighted by atomic mass is 19.1. The highest BCUT2D eigenvalue weighted by Gasteiger charge is 2.61. The molecular formula is C22H32FO. The van der Waals surface area contributed by atoms with E-state index in [1.807, 2.05) is 6.42 Å². The van der Waals surface area contributed by atoms with Crippen molar-refractivity contribution in [3.05, 3.63) is 19.1 Å². The third kappa shape index (κ3) is 2.20. The lowest BCUT2D eigenvalue weighted by molar-refractivity contribution is -0.143. The van der Waals surface area contributed by atoms with Crippen LogP contribution in [0.1, 0.15) is 65.2 Å². The average Bonchev–Trinajstić information content (AvgIpc) is 2.84. The number of Topliss-reactive ketones (excluding diaryl/α,β-unsaturated/α-hetero) is 1. The van der Waals surface area contributed by atoms with Gasteiger partial charge in [-0.2, -0.15) is 0 Å². The second-order valence-corrected chi connectivity index (χ2v) is 9.62. The van der Waals surface area contributed by atoms with Crippen molar-refractivity contribution < 1.29 is 9.18 Å². The molecule has 0 amide bonds. The monoisotopic (exact) mass is 331 g/mol. The van der Waals surface area contributed by atoms with Gasteiger partial charge in [-0.25, -0.2) is 4.39 Å². The minimum atomic E-state index is -0.721. The quantitative estimate of drug-likeness (QED) is 0.648. The summed E-state index contributed by atoms with van der Waals surface area (Å²) in [4.78, 5) is 12.5. The Labute approximate surface area is 146 Å². The molecule has 0 heterocycles. The standard InChI is InChI=1S/C22H32FO/c1-4-5-14-12-15-6-7-16-17-8-9-20(24)21(17,2)11-10-18(16)22(15,3)13-19(14)23/h4-5,14-19H,1,6-13H2,2-3H3/t14?,15-,16-,17-,18-,19+,21-,22-/m0/s1. The molecule has 0 spiro atoms. The van der Waals surface area contributed by atoms with Gasteiger partial charge >= 0.3 is 0 Å². The van der Waals surface area contributed by atoms with Gasteiger partial charge in [0.1, 0.15) is 12.0 Å². The van der Waals surface area contributed by atoms with Crippen LogP contribution in [0.25, 0.3) is 0 Å². The molecule has 4 aliphatic carbocycles. The second kappa shape index (κ2) is 5.68. The summed E-state index contributed by atoms with van der Waals surface area (Å²) in [5.41, 5.74) is 0.0775. The van der Waals surface area contributed by atoms with E-state index < -0.39 is 6.17 Å². The van der Waals surface area contributed by atoms with Crippen molar-refractivity contribution in [2.45, 2.75) is 71.4 Å². The first kappa shape index (κ1) is 16.8. The lowest BCUT2D eigenvalue weighted by atomic mass is 9.44. The summed E-state index contributed by atoms with van der Waals surface area (Å²) in [6, 6.07) is 0. The van der Waals surface area contributed by atoms with Gasteiger partial charge in [-0.1, -0.05) is 19.9 Å². The van der Waals surface area contributed by atoms with E-state index in [0.29, 0.717) is 35.9 Å². The van der Waals surface area contributed by atoms with E-state index in [2.05, 4.69) is 20.4 Å². The smallest absolute Gasteiger partial charge is 0.139 e. The first-order chi connectivity index (χ1) is 11.4. The van der Waals surface area contributed by atoms with Gasteiger partial charge in [0.25, 0.3) is 0 Å². The van der Waals surface area contributed by atoms with Crippen LogP contribution in [0.4, 0.5) is 4.39 Å². The van der Waals surface area contributed by atoms with E-state index in [9.17, 15) is 9.18 Å². The molecule has 24 heavy (non-hydrogen) atoms. The zero-order valence-electron chi connectivity index (χ0n) is 15.3. The van der Waals surface area contributed by atoms with Gasteiger partial charge in [0.2, 0.25) is 0 Å². The number of alkyl halides is 1. The summed E-state index contributed by atoms with van der Waals surface area (Å²) in [6.45, 7) is 8.38. The Morgan fingerprint density at radius 1 is 1.17 bits per heavy atom. The number of halogens is 1. The molecule has 0 saturated heterocycles. The van der Waals surface area contributed by atoms with Crippen molar-refractivity contribution in [3.63, 3.8) is 0 Å². The summed E-state index contributed by atoms with van der Waals surface area (Å²) in [5.74, 6) is 3.07. The number of allylic oxidation sites excluding steroid dienone is 1. The van der Waals surface area contributed by atoms with E-state index in [1.165, 1.54) is 12.8 Å². The second-order valence-electron chi connectivity index (χ2n) is 9.62. The number of ketones is 1. The van der Waals surface area contributed by atoms with E-state index in [1.54, 1.807) is 6.08 Å². The molecule has 1 radical (unpaired) electrons. The lowest BCUT2D eigenvalue weighted by Gasteiger charge is -2.60. The highest BCUT2D eigenvalue weighted by Crippen LogP contribution is 2.66. The van der Waals surface area contributed by atoms with Gasteiger partial charge in [-0.3, -0.25) is 4.79 Å². The van der Waals surface area contributed by atoms with Gasteiger partial charge in [0.05, 0.1) is 0 Å². The SMILES string of the molecule is C=C[CH]C1C[C@@H]2CC[C@@H]3[C@H](CC[C@]4(C)C(=O)CC[C@@H]34)[C@@]2(C)C[C@H]1F. The van der Waals surface area contributed by atoms with Crippen LogP contribution in [-0.2, 0) is 4.79 Å². The maximum Gasteiger partial charge on any atom is 0.139 e. The third-order valence-electron chi connectivity index (χ3n) is 8.81. The fourth-order valence-corrected chi connectivity index (χ4v) is 7.43. The lowest BCUT2D eigenvalue weighted by Crippen LogP contribution is -2.55. The predicted molar refractivity (Wildman–Crippen MR) is 95.0 cm³/mol. The van der Waals surface area contributed by atoms with E-state index >= 15 is 0 Å². The van der Waals surface area contributed by atoms with E-state index in [0.717, 1.165) is 32.1 Å². The Morgan fingerprint density at radius 2 is 1.96 bits per heavy atom. The summed E-state index contributed by atoms with van der Waals surface area (Å²) >= 11 is 0. The van der Waals surface area contributed by atoms with Crippen LogP contribution in [0.3, 0.4) is 0 Å². The Morgan fingerprint density at radius 3 is 2.71 bits per heavy atom.